The lowest BCUT2D eigenvalue weighted by atomic mass is 10.1. The van der Waals surface area contributed by atoms with Gasteiger partial charge in [0.25, 0.3) is 0 Å². The van der Waals surface area contributed by atoms with E-state index in [0.717, 1.165) is 37.1 Å². The fraction of sp³-hybridized carbons (Fsp3) is 0.389. The molecule has 0 unspecified atom stereocenters. The van der Waals surface area contributed by atoms with Crippen LogP contribution in [0.3, 0.4) is 0 Å². The van der Waals surface area contributed by atoms with Gasteiger partial charge in [-0.05, 0) is 68.4 Å². The molecule has 0 atom stereocenters. The first-order valence-corrected chi connectivity index (χ1v) is 9.59. The van der Waals surface area contributed by atoms with E-state index < -0.39 is 10.0 Å². The van der Waals surface area contributed by atoms with Gasteiger partial charge >= 0.3 is 0 Å². The van der Waals surface area contributed by atoms with Crippen LogP contribution in [0.25, 0.3) is 11.1 Å². The third kappa shape index (κ3) is 3.50. The van der Waals surface area contributed by atoms with Crippen molar-refractivity contribution < 1.29 is 8.42 Å². The number of piperidine rings is 1. The second-order valence-electron chi connectivity index (χ2n) is 6.32. The fourth-order valence-corrected chi connectivity index (χ4v) is 4.50. The molecule has 24 heavy (non-hydrogen) atoms. The molecule has 0 N–H and O–H groups in total. The quantitative estimate of drug-likeness (QED) is 0.854. The van der Waals surface area contributed by atoms with E-state index in [4.69, 9.17) is 0 Å². The fourth-order valence-electron chi connectivity index (χ4n) is 3.08. The minimum absolute atomic E-state index is 0.0751. The Bertz CT molecular complexity index is 768. The van der Waals surface area contributed by atoms with Gasteiger partial charge in [0.1, 0.15) is 0 Å². The second-order valence-corrected chi connectivity index (χ2v) is 8.31. The molecular weight excluding hydrogens is 322 g/mol. The van der Waals surface area contributed by atoms with Gasteiger partial charge in [0, 0.05) is 25.5 Å². The highest BCUT2D eigenvalue weighted by Crippen LogP contribution is 2.25. The number of benzene rings is 1. The molecule has 0 radical (unpaired) electrons. The Kier molecular flexibility index (Phi) is 4.99. The van der Waals surface area contributed by atoms with Crippen LogP contribution in [0.1, 0.15) is 12.8 Å². The molecule has 1 aromatic carbocycles. The lowest BCUT2D eigenvalue weighted by Crippen LogP contribution is -2.44. The van der Waals surface area contributed by atoms with E-state index in [1.165, 1.54) is 0 Å². The third-order valence-electron chi connectivity index (χ3n) is 4.75. The number of hydrogen-bond acceptors (Lipinski definition) is 4. The van der Waals surface area contributed by atoms with Crippen molar-refractivity contribution in [1.82, 2.24) is 14.2 Å². The Hall–Kier alpha value is -1.76. The van der Waals surface area contributed by atoms with Gasteiger partial charge in [0.15, 0.2) is 0 Å². The van der Waals surface area contributed by atoms with Crippen molar-refractivity contribution in [2.45, 2.75) is 23.8 Å². The van der Waals surface area contributed by atoms with Gasteiger partial charge in [-0.3, -0.25) is 4.98 Å². The highest BCUT2D eigenvalue weighted by atomic mass is 32.2. The van der Waals surface area contributed by atoms with Crippen LogP contribution in [0.15, 0.2) is 53.7 Å². The first kappa shape index (κ1) is 17.1. The Morgan fingerprint density at radius 1 is 1.00 bits per heavy atom. The molecule has 1 aromatic heterocycles. The van der Waals surface area contributed by atoms with Crippen LogP contribution in [0.4, 0.5) is 0 Å². The SMILES string of the molecule is CN1CCC(N(C)S(=O)(=O)c2ccc(-c3ccncc3)cc2)CC1. The summed E-state index contributed by atoms with van der Waals surface area (Å²) in [6, 6.07) is 11.0. The van der Waals surface area contributed by atoms with Gasteiger partial charge in [-0.15, -0.1) is 0 Å². The van der Waals surface area contributed by atoms with E-state index in [1.54, 1.807) is 35.9 Å². The molecule has 1 aliphatic heterocycles. The molecule has 6 heteroatoms. The number of pyridine rings is 1. The van der Waals surface area contributed by atoms with E-state index >= 15 is 0 Å². The molecule has 1 aliphatic rings. The largest absolute Gasteiger partial charge is 0.306 e. The molecule has 0 aliphatic carbocycles. The third-order valence-corrected chi connectivity index (χ3v) is 6.67. The van der Waals surface area contributed by atoms with Crippen molar-refractivity contribution in [1.29, 1.82) is 0 Å². The molecule has 1 saturated heterocycles. The maximum absolute atomic E-state index is 12.9. The van der Waals surface area contributed by atoms with E-state index in [-0.39, 0.29) is 6.04 Å². The molecule has 128 valence electrons. The highest BCUT2D eigenvalue weighted by molar-refractivity contribution is 7.89. The van der Waals surface area contributed by atoms with Gasteiger partial charge in [-0.1, -0.05) is 12.1 Å². The number of hydrogen-bond donors (Lipinski definition) is 0. The Balaban J connectivity index is 1.79. The lowest BCUT2D eigenvalue weighted by Gasteiger charge is -2.34. The number of nitrogens with zero attached hydrogens (tertiary/aromatic N) is 3. The van der Waals surface area contributed by atoms with Crippen LogP contribution in [0.5, 0.6) is 0 Å². The lowest BCUT2D eigenvalue weighted by molar-refractivity contribution is 0.197. The monoisotopic (exact) mass is 345 g/mol. The summed E-state index contributed by atoms with van der Waals surface area (Å²) in [5.41, 5.74) is 2.01. The van der Waals surface area contributed by atoms with Gasteiger partial charge in [0.05, 0.1) is 4.90 Å². The summed E-state index contributed by atoms with van der Waals surface area (Å²) < 4.78 is 27.3. The first-order chi connectivity index (χ1) is 11.5. The van der Waals surface area contributed by atoms with Crippen LogP contribution < -0.4 is 0 Å². The average molecular weight is 345 g/mol. The summed E-state index contributed by atoms with van der Waals surface area (Å²) in [6.45, 7) is 1.87. The van der Waals surface area contributed by atoms with E-state index in [2.05, 4.69) is 16.9 Å². The molecule has 5 nitrogen and oxygen atoms in total. The molecular formula is C18H23N3O2S. The molecule has 0 bridgehead atoms. The maximum Gasteiger partial charge on any atom is 0.243 e. The molecule has 3 rings (SSSR count). The Morgan fingerprint density at radius 3 is 2.12 bits per heavy atom. The summed E-state index contributed by atoms with van der Waals surface area (Å²) in [6.07, 6.45) is 5.21. The number of likely N-dealkylation sites (tertiary alicyclic amines) is 1. The summed E-state index contributed by atoms with van der Waals surface area (Å²) >= 11 is 0. The van der Waals surface area contributed by atoms with Crippen molar-refractivity contribution >= 4 is 10.0 Å². The summed E-state index contributed by atoms with van der Waals surface area (Å²) in [5, 5.41) is 0. The predicted molar refractivity (Wildman–Crippen MR) is 95.1 cm³/mol. The van der Waals surface area contributed by atoms with Crippen molar-refractivity contribution in [2.24, 2.45) is 0 Å². The van der Waals surface area contributed by atoms with Crippen molar-refractivity contribution in [3.05, 3.63) is 48.8 Å². The van der Waals surface area contributed by atoms with Gasteiger partial charge in [-0.25, -0.2) is 8.42 Å². The van der Waals surface area contributed by atoms with Crippen LogP contribution in [-0.4, -0.2) is 55.8 Å². The highest BCUT2D eigenvalue weighted by Gasteiger charge is 2.30. The van der Waals surface area contributed by atoms with Crippen LogP contribution in [-0.2, 0) is 10.0 Å². The minimum atomic E-state index is -3.45. The van der Waals surface area contributed by atoms with E-state index in [0.29, 0.717) is 4.90 Å². The van der Waals surface area contributed by atoms with E-state index in [1.807, 2.05) is 24.3 Å². The molecule has 1 fully saturated rings. The molecule has 0 amide bonds. The summed E-state index contributed by atoms with van der Waals surface area (Å²) in [7, 11) is 0.316. The van der Waals surface area contributed by atoms with Crippen LogP contribution in [0.2, 0.25) is 0 Å². The molecule has 0 spiro atoms. The standard InChI is InChI=1S/C18H23N3O2S/c1-20-13-9-17(10-14-20)21(2)24(22,23)18-5-3-15(4-6-18)16-7-11-19-12-8-16/h3-8,11-12,17H,9-10,13-14H2,1-2H3. The summed E-state index contributed by atoms with van der Waals surface area (Å²) in [5.74, 6) is 0. The zero-order valence-corrected chi connectivity index (χ0v) is 14.9. The molecule has 2 heterocycles. The number of rotatable bonds is 4. The van der Waals surface area contributed by atoms with Crippen LogP contribution in [0, 0.1) is 0 Å². The van der Waals surface area contributed by atoms with Crippen molar-refractivity contribution in [3.8, 4) is 11.1 Å². The van der Waals surface area contributed by atoms with Gasteiger partial charge < -0.3 is 4.90 Å². The van der Waals surface area contributed by atoms with Gasteiger partial charge in [-0.2, -0.15) is 4.31 Å². The van der Waals surface area contributed by atoms with Crippen molar-refractivity contribution in [3.63, 3.8) is 0 Å². The Labute approximate surface area is 144 Å². The van der Waals surface area contributed by atoms with E-state index in [9.17, 15) is 8.42 Å². The summed E-state index contributed by atoms with van der Waals surface area (Å²) in [4.78, 5) is 6.59. The molecule has 2 aromatic rings. The van der Waals surface area contributed by atoms with Gasteiger partial charge in [0.2, 0.25) is 10.0 Å². The maximum atomic E-state index is 12.9. The Morgan fingerprint density at radius 2 is 1.54 bits per heavy atom. The topological polar surface area (TPSA) is 53.5 Å². The number of sulfonamides is 1. The zero-order chi connectivity index (χ0) is 17.2. The average Bonchev–Trinajstić information content (AvgIpc) is 2.62. The van der Waals surface area contributed by atoms with Crippen molar-refractivity contribution in [2.75, 3.05) is 27.2 Å². The normalized spacial score (nSPS) is 17.3. The molecule has 0 saturated carbocycles. The smallest absolute Gasteiger partial charge is 0.243 e. The first-order valence-electron chi connectivity index (χ1n) is 8.15. The van der Waals surface area contributed by atoms with Crippen LogP contribution >= 0.6 is 0 Å². The zero-order valence-electron chi connectivity index (χ0n) is 14.1. The number of aromatic nitrogens is 1. The predicted octanol–water partition coefficient (Wildman–Crippen LogP) is 2.46. The minimum Gasteiger partial charge on any atom is -0.306 e. The second kappa shape index (κ2) is 7.01.